The third-order valence-corrected chi connectivity index (χ3v) is 4.01. The van der Waals surface area contributed by atoms with Crippen molar-refractivity contribution in [3.05, 3.63) is 47.6 Å². The second kappa shape index (κ2) is 6.86. The molecule has 126 valence electrons. The van der Waals surface area contributed by atoms with Crippen LogP contribution in [-0.4, -0.2) is 20.7 Å². The van der Waals surface area contributed by atoms with Crippen LogP contribution in [-0.2, 0) is 13.5 Å². The molecule has 6 nitrogen and oxygen atoms in total. The van der Waals surface area contributed by atoms with Crippen molar-refractivity contribution < 1.29 is 9.21 Å². The SMILES string of the molecule is CCCCc1nc2cc(C(=O)N[C@H](C)c3cnn(C)c3)ccc2o1. The molecular weight excluding hydrogens is 304 g/mol. The number of fused-ring (bicyclic) bond motifs is 1. The Morgan fingerprint density at radius 3 is 2.96 bits per heavy atom. The molecule has 0 fully saturated rings. The van der Waals surface area contributed by atoms with E-state index in [1.54, 1.807) is 29.1 Å². The van der Waals surface area contributed by atoms with Crippen LogP contribution in [0.5, 0.6) is 0 Å². The Bertz CT molecular complexity index is 850. The molecular formula is C18H22N4O2. The Morgan fingerprint density at radius 1 is 1.42 bits per heavy atom. The zero-order chi connectivity index (χ0) is 17.1. The maximum atomic E-state index is 12.5. The van der Waals surface area contributed by atoms with E-state index >= 15 is 0 Å². The average molecular weight is 326 g/mol. The van der Waals surface area contributed by atoms with Crippen LogP contribution in [0.4, 0.5) is 0 Å². The number of hydrogen-bond acceptors (Lipinski definition) is 4. The van der Waals surface area contributed by atoms with Crippen LogP contribution in [0, 0.1) is 0 Å². The molecule has 0 unspecified atom stereocenters. The summed E-state index contributed by atoms with van der Waals surface area (Å²) in [7, 11) is 1.85. The van der Waals surface area contributed by atoms with Gasteiger partial charge in [-0.2, -0.15) is 5.10 Å². The van der Waals surface area contributed by atoms with Gasteiger partial charge in [-0.25, -0.2) is 4.98 Å². The summed E-state index contributed by atoms with van der Waals surface area (Å²) in [4.78, 5) is 16.9. The molecule has 0 spiro atoms. The van der Waals surface area contributed by atoms with Crippen LogP contribution in [0.1, 0.15) is 54.5 Å². The molecule has 2 heterocycles. The lowest BCUT2D eigenvalue weighted by molar-refractivity contribution is 0.0940. The number of unbranched alkanes of at least 4 members (excludes halogenated alkanes) is 1. The van der Waals surface area contributed by atoms with E-state index in [1.165, 1.54) is 0 Å². The molecule has 3 rings (SSSR count). The van der Waals surface area contributed by atoms with Crippen molar-refractivity contribution in [2.45, 2.75) is 39.2 Å². The standard InChI is InChI=1S/C18H22N4O2/c1-4-5-6-17-21-15-9-13(7-8-16(15)24-17)18(23)20-12(2)14-10-19-22(3)11-14/h7-12H,4-6H2,1-3H3,(H,20,23)/t12-/m1/s1. The molecule has 6 heteroatoms. The summed E-state index contributed by atoms with van der Waals surface area (Å²) >= 11 is 0. The third kappa shape index (κ3) is 3.48. The molecule has 0 aliphatic carbocycles. The summed E-state index contributed by atoms with van der Waals surface area (Å²) in [6, 6.07) is 5.24. The van der Waals surface area contributed by atoms with Crippen LogP contribution in [0.3, 0.4) is 0 Å². The van der Waals surface area contributed by atoms with Crippen LogP contribution in [0.2, 0.25) is 0 Å². The van der Waals surface area contributed by atoms with Crippen LogP contribution < -0.4 is 5.32 Å². The van der Waals surface area contributed by atoms with Crippen molar-refractivity contribution in [3.8, 4) is 0 Å². The highest BCUT2D eigenvalue weighted by atomic mass is 16.3. The van der Waals surface area contributed by atoms with Gasteiger partial charge < -0.3 is 9.73 Å². The quantitative estimate of drug-likeness (QED) is 0.753. The molecule has 1 atom stereocenters. The minimum absolute atomic E-state index is 0.112. The Balaban J connectivity index is 1.74. The van der Waals surface area contributed by atoms with Gasteiger partial charge in [0.05, 0.1) is 12.2 Å². The lowest BCUT2D eigenvalue weighted by Gasteiger charge is -2.11. The molecule has 2 aromatic heterocycles. The Kier molecular flexibility index (Phi) is 4.64. The van der Waals surface area contributed by atoms with Gasteiger partial charge in [-0.1, -0.05) is 13.3 Å². The molecule has 0 saturated carbocycles. The number of aryl methyl sites for hydroxylation is 2. The topological polar surface area (TPSA) is 73.0 Å². The zero-order valence-corrected chi connectivity index (χ0v) is 14.2. The smallest absolute Gasteiger partial charge is 0.251 e. The van der Waals surface area contributed by atoms with E-state index < -0.39 is 0 Å². The Hall–Kier alpha value is -2.63. The van der Waals surface area contributed by atoms with Crippen molar-refractivity contribution in [2.75, 3.05) is 0 Å². The number of hydrogen-bond donors (Lipinski definition) is 1. The van der Waals surface area contributed by atoms with Crippen molar-refractivity contribution >= 4 is 17.0 Å². The predicted octanol–water partition coefficient (Wildman–Crippen LogP) is 3.39. The maximum Gasteiger partial charge on any atom is 0.251 e. The number of carbonyl (C=O) groups excluding carboxylic acids is 1. The molecule has 24 heavy (non-hydrogen) atoms. The maximum absolute atomic E-state index is 12.5. The monoisotopic (exact) mass is 326 g/mol. The fraction of sp³-hybridized carbons (Fsp3) is 0.389. The molecule has 3 aromatic rings. The zero-order valence-electron chi connectivity index (χ0n) is 14.2. The normalized spacial score (nSPS) is 12.5. The van der Waals surface area contributed by atoms with Crippen molar-refractivity contribution in [3.63, 3.8) is 0 Å². The van der Waals surface area contributed by atoms with Crippen LogP contribution in [0.25, 0.3) is 11.1 Å². The van der Waals surface area contributed by atoms with E-state index in [-0.39, 0.29) is 11.9 Å². The van der Waals surface area contributed by atoms with E-state index in [9.17, 15) is 4.79 Å². The molecule has 1 amide bonds. The molecule has 0 bridgehead atoms. The van der Waals surface area contributed by atoms with Crippen molar-refractivity contribution in [2.24, 2.45) is 7.05 Å². The number of nitrogens with one attached hydrogen (secondary N) is 1. The van der Waals surface area contributed by atoms with Gasteiger partial charge in [0.15, 0.2) is 11.5 Å². The molecule has 0 aliphatic heterocycles. The van der Waals surface area contributed by atoms with E-state index in [4.69, 9.17) is 4.42 Å². The van der Waals surface area contributed by atoms with Gasteiger partial charge in [0.25, 0.3) is 5.91 Å². The Morgan fingerprint density at radius 2 is 2.25 bits per heavy atom. The van der Waals surface area contributed by atoms with Gasteiger partial charge in [0.2, 0.25) is 0 Å². The third-order valence-electron chi connectivity index (χ3n) is 4.01. The number of rotatable bonds is 6. The summed E-state index contributed by atoms with van der Waals surface area (Å²) in [5.74, 6) is 0.597. The van der Waals surface area contributed by atoms with Gasteiger partial charge in [0, 0.05) is 30.8 Å². The first kappa shape index (κ1) is 16.2. The van der Waals surface area contributed by atoms with Gasteiger partial charge in [-0.05, 0) is 31.5 Å². The summed E-state index contributed by atoms with van der Waals surface area (Å²) in [5, 5.41) is 7.11. The highest BCUT2D eigenvalue weighted by molar-refractivity contribution is 5.97. The fourth-order valence-corrected chi connectivity index (χ4v) is 2.58. The summed E-state index contributed by atoms with van der Waals surface area (Å²) in [6.45, 7) is 4.07. The minimum atomic E-state index is -0.133. The lowest BCUT2D eigenvalue weighted by atomic mass is 10.1. The minimum Gasteiger partial charge on any atom is -0.441 e. The van der Waals surface area contributed by atoms with Crippen LogP contribution >= 0.6 is 0 Å². The second-order valence-corrected chi connectivity index (χ2v) is 6.04. The molecule has 0 radical (unpaired) electrons. The molecule has 1 aromatic carbocycles. The van der Waals surface area contributed by atoms with E-state index in [2.05, 4.69) is 22.3 Å². The number of benzene rings is 1. The highest BCUT2D eigenvalue weighted by Gasteiger charge is 2.14. The van der Waals surface area contributed by atoms with Crippen molar-refractivity contribution in [1.82, 2.24) is 20.1 Å². The lowest BCUT2D eigenvalue weighted by Crippen LogP contribution is -2.26. The summed E-state index contributed by atoms with van der Waals surface area (Å²) < 4.78 is 7.42. The van der Waals surface area contributed by atoms with E-state index in [0.717, 1.165) is 41.8 Å². The highest BCUT2D eigenvalue weighted by Crippen LogP contribution is 2.19. The van der Waals surface area contributed by atoms with E-state index in [1.807, 2.05) is 20.2 Å². The second-order valence-electron chi connectivity index (χ2n) is 6.04. The molecule has 0 aliphatic rings. The first-order chi connectivity index (χ1) is 11.6. The average Bonchev–Trinajstić information content (AvgIpc) is 3.17. The van der Waals surface area contributed by atoms with Gasteiger partial charge in [0.1, 0.15) is 5.52 Å². The van der Waals surface area contributed by atoms with E-state index in [0.29, 0.717) is 5.56 Å². The Labute approximate surface area is 140 Å². The largest absolute Gasteiger partial charge is 0.441 e. The van der Waals surface area contributed by atoms with Crippen LogP contribution in [0.15, 0.2) is 35.0 Å². The van der Waals surface area contributed by atoms with Gasteiger partial charge >= 0.3 is 0 Å². The number of carbonyl (C=O) groups is 1. The fourth-order valence-electron chi connectivity index (χ4n) is 2.58. The predicted molar refractivity (Wildman–Crippen MR) is 91.7 cm³/mol. The molecule has 0 saturated heterocycles. The number of amides is 1. The van der Waals surface area contributed by atoms with Gasteiger partial charge in [-0.3, -0.25) is 9.48 Å². The van der Waals surface area contributed by atoms with Crippen molar-refractivity contribution in [1.29, 1.82) is 0 Å². The first-order valence-corrected chi connectivity index (χ1v) is 8.25. The molecule has 1 N–H and O–H groups in total. The van der Waals surface area contributed by atoms with Gasteiger partial charge in [-0.15, -0.1) is 0 Å². The number of oxazole rings is 1. The summed E-state index contributed by atoms with van der Waals surface area (Å²) in [5.41, 5.74) is 2.99. The first-order valence-electron chi connectivity index (χ1n) is 8.25. The number of aromatic nitrogens is 3. The summed E-state index contributed by atoms with van der Waals surface area (Å²) in [6.07, 6.45) is 6.61. The number of nitrogens with zero attached hydrogens (tertiary/aromatic N) is 3.